The molecule has 1 aliphatic heterocycles. The standard InChI is InChI=1S/C28H27Cl2F2N3O7S2/c1-34(2)25(36)17-5-4-6-18(11-17)44(38,39)35-9-10-43-26(35)27(37)41-23(13-19-20(29)14-33-15-21(19)30)16-7-8-22(42-28(31)32)24(12-16)40-3/h4-8,11-12,14-15,23,26,28H,9-10,13H2,1-3H3. The molecule has 2 heterocycles. The molecule has 44 heavy (non-hydrogen) atoms. The minimum absolute atomic E-state index is 0.0127. The minimum Gasteiger partial charge on any atom is -0.493 e. The number of alkyl halides is 2. The Hall–Kier alpha value is -3.17. The third kappa shape index (κ3) is 7.54. The SMILES string of the molecule is COc1cc(C(Cc2c(Cl)cncc2Cl)OC(=O)C2SCCN2S(=O)(=O)c2cccc(C(=O)N(C)C)c2)ccc1OC(F)F. The summed E-state index contributed by atoms with van der Waals surface area (Å²) in [6, 6.07) is 9.56. The first-order valence-electron chi connectivity index (χ1n) is 12.9. The Morgan fingerprint density at radius 3 is 2.45 bits per heavy atom. The van der Waals surface area contributed by atoms with Gasteiger partial charge in [-0.25, -0.2) is 13.2 Å². The maximum Gasteiger partial charge on any atom is 0.387 e. The van der Waals surface area contributed by atoms with E-state index in [0.717, 1.165) is 16.1 Å². The van der Waals surface area contributed by atoms with Crippen LogP contribution in [0, 0.1) is 0 Å². The van der Waals surface area contributed by atoms with Gasteiger partial charge in [0, 0.05) is 50.8 Å². The second kappa shape index (κ2) is 14.3. The summed E-state index contributed by atoms with van der Waals surface area (Å²) in [6.45, 7) is -3.09. The van der Waals surface area contributed by atoms with E-state index in [2.05, 4.69) is 9.72 Å². The van der Waals surface area contributed by atoms with Gasteiger partial charge in [-0.1, -0.05) is 35.3 Å². The number of nitrogens with zero attached hydrogens (tertiary/aromatic N) is 3. The highest BCUT2D eigenvalue weighted by molar-refractivity contribution is 8.02. The molecule has 1 aliphatic rings. The smallest absolute Gasteiger partial charge is 0.387 e. The van der Waals surface area contributed by atoms with Crippen molar-refractivity contribution >= 4 is 56.9 Å². The number of carbonyl (C=O) groups excluding carboxylic acids is 2. The highest BCUT2D eigenvalue weighted by Crippen LogP contribution is 2.38. The summed E-state index contributed by atoms with van der Waals surface area (Å²) in [4.78, 5) is 31.2. The monoisotopic (exact) mass is 689 g/mol. The van der Waals surface area contributed by atoms with Crippen LogP contribution in [0.2, 0.25) is 10.0 Å². The van der Waals surface area contributed by atoms with E-state index in [4.69, 9.17) is 32.7 Å². The molecule has 3 aromatic rings. The second-order valence-corrected chi connectivity index (χ2v) is 13.5. The van der Waals surface area contributed by atoms with Gasteiger partial charge in [0.15, 0.2) is 16.9 Å². The van der Waals surface area contributed by atoms with Crippen LogP contribution in [0.15, 0.2) is 59.8 Å². The Labute approximate surface area is 267 Å². The lowest BCUT2D eigenvalue weighted by Gasteiger charge is -2.26. The topological polar surface area (TPSA) is 115 Å². The zero-order valence-corrected chi connectivity index (χ0v) is 26.7. The van der Waals surface area contributed by atoms with Crippen molar-refractivity contribution in [2.75, 3.05) is 33.5 Å². The molecule has 0 saturated carbocycles. The van der Waals surface area contributed by atoms with Gasteiger partial charge in [-0.2, -0.15) is 13.1 Å². The summed E-state index contributed by atoms with van der Waals surface area (Å²) in [5, 5.41) is -0.882. The predicted molar refractivity (Wildman–Crippen MR) is 161 cm³/mol. The van der Waals surface area contributed by atoms with Gasteiger partial charge in [0.05, 0.1) is 22.1 Å². The highest BCUT2D eigenvalue weighted by atomic mass is 35.5. The number of halogens is 4. The first kappa shape index (κ1) is 33.7. The van der Waals surface area contributed by atoms with Crippen LogP contribution in [0.1, 0.15) is 27.6 Å². The molecule has 0 bridgehead atoms. The van der Waals surface area contributed by atoms with Crippen LogP contribution >= 0.6 is 35.0 Å². The summed E-state index contributed by atoms with van der Waals surface area (Å²) in [6.07, 6.45) is 1.54. The number of esters is 1. The number of benzene rings is 2. The number of thioether (sulfide) groups is 1. The fourth-order valence-corrected chi connectivity index (χ4v) is 8.00. The number of hydrogen-bond acceptors (Lipinski definition) is 9. The van der Waals surface area contributed by atoms with E-state index in [1.165, 1.54) is 66.9 Å². The molecule has 0 N–H and O–H groups in total. The van der Waals surface area contributed by atoms with Gasteiger partial charge in [0.25, 0.3) is 5.91 Å². The molecule has 1 aromatic heterocycles. The average molecular weight is 691 g/mol. The van der Waals surface area contributed by atoms with Crippen molar-refractivity contribution in [1.29, 1.82) is 0 Å². The van der Waals surface area contributed by atoms with E-state index >= 15 is 0 Å². The number of amides is 1. The first-order valence-corrected chi connectivity index (χ1v) is 16.1. The van der Waals surface area contributed by atoms with Gasteiger partial charge in [-0.3, -0.25) is 9.78 Å². The molecule has 0 aliphatic carbocycles. The lowest BCUT2D eigenvalue weighted by molar-refractivity contribution is -0.150. The predicted octanol–water partition coefficient (Wildman–Crippen LogP) is 5.29. The fraction of sp³-hybridized carbons (Fsp3) is 0.321. The molecular weight excluding hydrogens is 663 g/mol. The molecule has 2 unspecified atom stereocenters. The van der Waals surface area contributed by atoms with E-state index in [9.17, 15) is 26.8 Å². The van der Waals surface area contributed by atoms with Crippen molar-refractivity contribution in [3.05, 3.63) is 81.6 Å². The van der Waals surface area contributed by atoms with Crippen molar-refractivity contribution in [1.82, 2.24) is 14.2 Å². The zero-order valence-electron chi connectivity index (χ0n) is 23.6. The molecule has 4 rings (SSSR count). The lowest BCUT2D eigenvalue weighted by Crippen LogP contribution is -2.40. The Bertz CT molecular complexity index is 1630. The minimum atomic E-state index is -4.23. The average Bonchev–Trinajstić information content (AvgIpc) is 3.49. The summed E-state index contributed by atoms with van der Waals surface area (Å²) < 4.78 is 69.8. The van der Waals surface area contributed by atoms with Crippen LogP contribution in [0.5, 0.6) is 11.5 Å². The van der Waals surface area contributed by atoms with Gasteiger partial charge in [0.2, 0.25) is 10.0 Å². The largest absolute Gasteiger partial charge is 0.493 e. The first-order chi connectivity index (χ1) is 20.8. The molecule has 1 amide bonds. The number of pyridine rings is 1. The molecule has 0 radical (unpaired) electrons. The van der Waals surface area contributed by atoms with Gasteiger partial charge < -0.3 is 19.1 Å². The van der Waals surface area contributed by atoms with Crippen molar-refractivity contribution in [3.63, 3.8) is 0 Å². The van der Waals surface area contributed by atoms with Crippen molar-refractivity contribution in [2.24, 2.45) is 0 Å². The van der Waals surface area contributed by atoms with Crippen molar-refractivity contribution in [2.45, 2.75) is 29.4 Å². The van der Waals surface area contributed by atoms with Gasteiger partial charge in [0.1, 0.15) is 6.10 Å². The van der Waals surface area contributed by atoms with Crippen LogP contribution in [0.3, 0.4) is 0 Å². The Balaban J connectivity index is 1.67. The van der Waals surface area contributed by atoms with E-state index in [-0.39, 0.29) is 50.9 Å². The van der Waals surface area contributed by atoms with Crippen LogP contribution < -0.4 is 9.47 Å². The summed E-state index contributed by atoms with van der Waals surface area (Å²) in [5.74, 6) is -1.26. The molecular formula is C28H27Cl2F2N3O7S2. The molecule has 2 atom stereocenters. The molecule has 1 saturated heterocycles. The molecule has 2 aromatic carbocycles. The van der Waals surface area contributed by atoms with Crippen LogP contribution in [-0.2, 0) is 26.0 Å². The summed E-state index contributed by atoms with van der Waals surface area (Å²) >= 11 is 13.7. The fourth-order valence-electron chi connectivity index (χ4n) is 4.39. The Morgan fingerprint density at radius 2 is 1.82 bits per heavy atom. The van der Waals surface area contributed by atoms with Gasteiger partial charge in [-0.05, 0) is 41.5 Å². The van der Waals surface area contributed by atoms with E-state index < -0.39 is 34.1 Å². The normalized spacial score (nSPS) is 16.0. The summed E-state index contributed by atoms with van der Waals surface area (Å²) in [5.41, 5.74) is 0.869. The van der Waals surface area contributed by atoms with Crippen LogP contribution in [0.25, 0.3) is 0 Å². The number of rotatable bonds is 11. The quantitative estimate of drug-likeness (QED) is 0.248. The number of aromatic nitrogens is 1. The summed E-state index contributed by atoms with van der Waals surface area (Å²) in [7, 11) is 0.118. The number of carbonyl (C=O) groups is 2. The highest BCUT2D eigenvalue weighted by Gasteiger charge is 2.42. The molecule has 236 valence electrons. The zero-order chi connectivity index (χ0) is 32.2. The van der Waals surface area contributed by atoms with Crippen molar-refractivity contribution in [3.8, 4) is 11.5 Å². The third-order valence-electron chi connectivity index (χ3n) is 6.52. The maximum atomic E-state index is 13.7. The van der Waals surface area contributed by atoms with E-state index in [0.29, 0.717) is 16.9 Å². The van der Waals surface area contributed by atoms with E-state index in [1.54, 1.807) is 14.1 Å². The number of hydrogen-bond donors (Lipinski definition) is 0. The number of methoxy groups -OCH3 is 1. The van der Waals surface area contributed by atoms with Crippen LogP contribution in [-0.4, -0.2) is 80.0 Å². The van der Waals surface area contributed by atoms with E-state index in [1.807, 2.05) is 0 Å². The number of ether oxygens (including phenoxy) is 3. The van der Waals surface area contributed by atoms with Gasteiger partial charge >= 0.3 is 12.6 Å². The molecule has 1 fully saturated rings. The van der Waals surface area contributed by atoms with Crippen LogP contribution in [0.4, 0.5) is 8.78 Å². The lowest BCUT2D eigenvalue weighted by atomic mass is 10.0. The molecule has 16 heteroatoms. The Kier molecular flexibility index (Phi) is 10.9. The second-order valence-electron chi connectivity index (χ2n) is 9.57. The molecule has 0 spiro atoms. The molecule has 10 nitrogen and oxygen atoms in total. The number of sulfonamides is 1. The third-order valence-corrected chi connectivity index (χ3v) is 10.3. The van der Waals surface area contributed by atoms with Gasteiger partial charge in [-0.15, -0.1) is 11.8 Å². The Morgan fingerprint density at radius 1 is 1.11 bits per heavy atom. The maximum absolute atomic E-state index is 13.7. The van der Waals surface area contributed by atoms with Crippen molar-refractivity contribution < 1.29 is 41.0 Å².